The van der Waals surface area contributed by atoms with Crippen LogP contribution in [0.3, 0.4) is 0 Å². The number of H-pyrrole nitrogens is 1. The van der Waals surface area contributed by atoms with Gasteiger partial charge in [-0.05, 0) is 37.7 Å². The highest BCUT2D eigenvalue weighted by molar-refractivity contribution is 8.25. The molecule has 2 aromatic rings. The molecule has 1 unspecified atom stereocenters. The van der Waals surface area contributed by atoms with Crippen molar-refractivity contribution < 1.29 is 0 Å². The smallest absolute Gasteiger partial charge is 0.0686 e. The molecule has 0 aliphatic carbocycles. The number of hydrogen-bond donors (Lipinski definition) is 3. The summed E-state index contributed by atoms with van der Waals surface area (Å²) in [4.78, 5) is 0. The number of rotatable bonds is 8. The second kappa shape index (κ2) is 7.40. The summed E-state index contributed by atoms with van der Waals surface area (Å²) < 4.78 is 3.54. The van der Waals surface area contributed by atoms with E-state index in [4.69, 9.17) is 11.6 Å². The fourth-order valence-electron chi connectivity index (χ4n) is 2.48. The number of nitrogens with zero attached hydrogens (tertiary/aromatic N) is 1. The predicted molar refractivity (Wildman–Crippen MR) is 104 cm³/mol. The van der Waals surface area contributed by atoms with Crippen molar-refractivity contribution in [1.82, 2.24) is 14.9 Å². The van der Waals surface area contributed by atoms with E-state index >= 15 is 0 Å². The van der Waals surface area contributed by atoms with Gasteiger partial charge in [-0.1, -0.05) is 30.3 Å². The first kappa shape index (κ1) is 17.2. The maximum atomic E-state index is 6.13. The fourth-order valence-corrected chi connectivity index (χ4v) is 3.79. The average Bonchev–Trinajstić information content (AvgIpc) is 2.88. The number of aromatic amines is 1. The second-order valence-corrected chi connectivity index (χ2v) is 9.07. The lowest BCUT2D eigenvalue weighted by Gasteiger charge is -2.21. The van der Waals surface area contributed by atoms with Crippen LogP contribution in [0.5, 0.6) is 0 Å². The van der Waals surface area contributed by atoms with Gasteiger partial charge in [0.1, 0.15) is 0 Å². The molecular weight excluding hydrogens is 316 g/mol. The first-order valence-corrected chi connectivity index (χ1v) is 10.2. The minimum absolute atomic E-state index is 0.477. The highest BCUT2D eigenvalue weighted by Crippen LogP contribution is 2.26. The minimum Gasteiger partial charge on any atom is -0.384 e. The zero-order valence-corrected chi connectivity index (χ0v) is 14.9. The van der Waals surface area contributed by atoms with Crippen LogP contribution in [0.4, 0.5) is 5.69 Å². The third kappa shape index (κ3) is 4.93. The lowest BCUT2D eigenvalue weighted by Crippen LogP contribution is -2.25. The van der Waals surface area contributed by atoms with Crippen LogP contribution < -0.4 is 10.0 Å². The molecule has 22 heavy (non-hydrogen) atoms. The van der Waals surface area contributed by atoms with E-state index in [1.54, 1.807) is 0 Å². The summed E-state index contributed by atoms with van der Waals surface area (Å²) in [6.45, 7) is 3.10. The molecule has 1 aromatic heterocycles. The topological polar surface area (TPSA) is 52.7 Å². The van der Waals surface area contributed by atoms with Crippen LogP contribution in [0.2, 0.25) is 5.02 Å². The fraction of sp³-hybridized carbons (Fsp3) is 0.438. The van der Waals surface area contributed by atoms with E-state index in [0.29, 0.717) is 11.1 Å². The summed E-state index contributed by atoms with van der Waals surface area (Å²) in [5.74, 6) is 8.18. The Morgan fingerprint density at radius 2 is 2.18 bits per heavy atom. The molecule has 1 aromatic carbocycles. The molecule has 6 heteroatoms. The van der Waals surface area contributed by atoms with Gasteiger partial charge in [0, 0.05) is 28.7 Å². The molecule has 0 bridgehead atoms. The Kier molecular flexibility index (Phi) is 5.78. The number of halogens is 1. The lowest BCUT2D eigenvalue weighted by atomic mass is 10.1. The second-order valence-electron chi connectivity index (χ2n) is 5.85. The van der Waals surface area contributed by atoms with Crippen LogP contribution in [-0.2, 0) is 0 Å². The largest absolute Gasteiger partial charge is 0.384 e. The van der Waals surface area contributed by atoms with Crippen molar-refractivity contribution in [3.63, 3.8) is 0 Å². The standard InChI is InChI=1S/C16H25ClN4S/c1-5-13(21-22(2,3)4)7-6-8-18-15-9-12(17)10-16-14(15)11-19-20-16/h9-11,13,18,21H,2-3,5-8H2,1,4H3,(H,19,20). The molecule has 1 atom stereocenters. The van der Waals surface area contributed by atoms with E-state index in [-0.39, 0.29) is 0 Å². The molecule has 0 aliphatic heterocycles. The minimum atomic E-state index is -1.15. The van der Waals surface area contributed by atoms with Gasteiger partial charge in [-0.25, -0.2) is 0 Å². The molecule has 2 rings (SSSR count). The number of fused-ring (bicyclic) bond motifs is 1. The van der Waals surface area contributed by atoms with Gasteiger partial charge < -0.3 is 5.32 Å². The Hall–Kier alpha value is -1.17. The van der Waals surface area contributed by atoms with Crippen molar-refractivity contribution in [3.8, 4) is 0 Å². The summed E-state index contributed by atoms with van der Waals surface area (Å²) >= 11 is 6.13. The number of nitrogens with one attached hydrogen (secondary N) is 3. The summed E-state index contributed by atoms with van der Waals surface area (Å²) in [7, 11) is -1.15. The van der Waals surface area contributed by atoms with Gasteiger partial charge in [0.25, 0.3) is 0 Å². The van der Waals surface area contributed by atoms with E-state index in [2.05, 4.69) is 45.2 Å². The van der Waals surface area contributed by atoms with Crippen LogP contribution >= 0.6 is 21.0 Å². The van der Waals surface area contributed by atoms with Gasteiger partial charge in [-0.15, -0.1) is 0 Å². The summed E-state index contributed by atoms with van der Waals surface area (Å²) in [5.41, 5.74) is 1.98. The maximum absolute atomic E-state index is 6.13. The predicted octanol–water partition coefficient (Wildman–Crippen LogP) is 3.99. The van der Waals surface area contributed by atoms with Crippen LogP contribution in [0.25, 0.3) is 10.9 Å². The Morgan fingerprint density at radius 1 is 1.41 bits per heavy atom. The number of benzene rings is 1. The molecule has 0 aliphatic rings. The molecular formula is C16H25ClN4S. The summed E-state index contributed by atoms with van der Waals surface area (Å²) in [6, 6.07) is 4.31. The van der Waals surface area contributed by atoms with Crippen molar-refractivity contribution in [2.24, 2.45) is 0 Å². The SMILES string of the molecule is C=S(=C)(C)NC(CC)CCCNc1cc(Cl)cc2[nH]ncc12. The molecule has 0 saturated heterocycles. The Morgan fingerprint density at radius 3 is 2.86 bits per heavy atom. The first-order valence-electron chi connectivity index (χ1n) is 7.47. The van der Waals surface area contributed by atoms with E-state index in [0.717, 1.165) is 42.4 Å². The number of anilines is 1. The molecule has 0 spiro atoms. The van der Waals surface area contributed by atoms with Crippen molar-refractivity contribution in [1.29, 1.82) is 0 Å². The van der Waals surface area contributed by atoms with E-state index in [1.807, 2.05) is 18.3 Å². The van der Waals surface area contributed by atoms with Crippen LogP contribution in [0, 0.1) is 0 Å². The third-order valence-electron chi connectivity index (χ3n) is 3.51. The van der Waals surface area contributed by atoms with Gasteiger partial charge in [-0.3, -0.25) is 9.82 Å². The first-order chi connectivity index (χ1) is 10.4. The molecule has 0 saturated carbocycles. The van der Waals surface area contributed by atoms with E-state index in [1.165, 1.54) is 0 Å². The highest BCUT2D eigenvalue weighted by Gasteiger charge is 2.07. The Bertz CT molecular complexity index is 721. The Labute approximate surface area is 138 Å². The van der Waals surface area contributed by atoms with E-state index in [9.17, 15) is 0 Å². The molecule has 0 fully saturated rings. The van der Waals surface area contributed by atoms with Gasteiger partial charge >= 0.3 is 0 Å². The van der Waals surface area contributed by atoms with Gasteiger partial charge in [0.2, 0.25) is 0 Å². The Balaban J connectivity index is 1.89. The van der Waals surface area contributed by atoms with Crippen molar-refractivity contribution >= 4 is 49.3 Å². The molecule has 3 N–H and O–H groups in total. The zero-order valence-electron chi connectivity index (χ0n) is 13.3. The molecule has 122 valence electrons. The lowest BCUT2D eigenvalue weighted by molar-refractivity contribution is 0.548. The van der Waals surface area contributed by atoms with Gasteiger partial charge in [-0.2, -0.15) is 14.5 Å². The quantitative estimate of drug-likeness (QED) is 0.503. The molecule has 0 radical (unpaired) electrons. The van der Waals surface area contributed by atoms with Crippen LogP contribution in [0.15, 0.2) is 18.3 Å². The molecule has 0 amide bonds. The van der Waals surface area contributed by atoms with Crippen molar-refractivity contribution in [2.75, 3.05) is 18.1 Å². The zero-order chi connectivity index (χ0) is 16.2. The third-order valence-corrected chi connectivity index (χ3v) is 4.63. The van der Waals surface area contributed by atoms with Gasteiger partial charge in [0.15, 0.2) is 0 Å². The number of aromatic nitrogens is 2. The van der Waals surface area contributed by atoms with Crippen LogP contribution in [0.1, 0.15) is 26.2 Å². The summed E-state index contributed by atoms with van der Waals surface area (Å²) in [6.07, 6.45) is 7.18. The normalized spacial score (nSPS) is 13.4. The van der Waals surface area contributed by atoms with Gasteiger partial charge in [0.05, 0.1) is 11.7 Å². The maximum Gasteiger partial charge on any atom is 0.0686 e. The summed E-state index contributed by atoms with van der Waals surface area (Å²) in [5, 5.41) is 12.3. The van der Waals surface area contributed by atoms with E-state index < -0.39 is 9.39 Å². The van der Waals surface area contributed by atoms with Crippen molar-refractivity contribution in [2.45, 2.75) is 32.2 Å². The monoisotopic (exact) mass is 340 g/mol. The highest BCUT2D eigenvalue weighted by atomic mass is 35.5. The number of hydrogen-bond acceptors (Lipinski definition) is 3. The average molecular weight is 341 g/mol. The van der Waals surface area contributed by atoms with Crippen LogP contribution in [-0.4, -0.2) is 40.8 Å². The van der Waals surface area contributed by atoms with Crippen molar-refractivity contribution in [3.05, 3.63) is 23.4 Å². The molecule has 1 heterocycles. The molecule has 4 nitrogen and oxygen atoms in total.